The van der Waals surface area contributed by atoms with Crippen LogP contribution in [-0.4, -0.2) is 46.9 Å². The normalized spacial score (nSPS) is 15.4. The van der Waals surface area contributed by atoms with E-state index >= 15 is 0 Å². The standard InChI is InChI=1S/C13H18FN3OS/c1-2-3-15-12-11(8-10(14)9-16-12)13(18)17-4-6-19-7-5-17/h8-9H,2-7H2,1H3,(H,15,16). The number of rotatable bonds is 4. The molecule has 2 heterocycles. The van der Waals surface area contributed by atoms with Crippen LogP contribution in [0.1, 0.15) is 23.7 Å². The lowest BCUT2D eigenvalue weighted by molar-refractivity contribution is 0.0772. The van der Waals surface area contributed by atoms with Gasteiger partial charge in [0.1, 0.15) is 11.6 Å². The summed E-state index contributed by atoms with van der Waals surface area (Å²) in [7, 11) is 0. The number of amides is 1. The van der Waals surface area contributed by atoms with Crippen molar-refractivity contribution in [3.8, 4) is 0 Å². The van der Waals surface area contributed by atoms with Crippen LogP contribution < -0.4 is 5.32 Å². The van der Waals surface area contributed by atoms with E-state index in [-0.39, 0.29) is 5.91 Å². The summed E-state index contributed by atoms with van der Waals surface area (Å²) >= 11 is 1.83. The Bertz CT molecular complexity index is 450. The molecule has 0 aromatic carbocycles. The first-order chi connectivity index (χ1) is 9.22. The Morgan fingerprint density at radius 2 is 2.26 bits per heavy atom. The number of nitrogens with one attached hydrogen (secondary N) is 1. The van der Waals surface area contributed by atoms with Crippen molar-refractivity contribution in [2.75, 3.05) is 36.5 Å². The van der Waals surface area contributed by atoms with E-state index in [4.69, 9.17) is 0 Å². The van der Waals surface area contributed by atoms with Gasteiger partial charge in [-0.1, -0.05) is 6.92 Å². The van der Waals surface area contributed by atoms with Crippen molar-refractivity contribution in [2.45, 2.75) is 13.3 Å². The van der Waals surface area contributed by atoms with Crippen LogP contribution in [-0.2, 0) is 0 Å². The second-order valence-electron chi connectivity index (χ2n) is 4.38. The SMILES string of the molecule is CCCNc1ncc(F)cc1C(=O)N1CCSCC1. The van der Waals surface area contributed by atoms with Gasteiger partial charge < -0.3 is 10.2 Å². The Morgan fingerprint density at radius 1 is 1.53 bits per heavy atom. The fourth-order valence-electron chi connectivity index (χ4n) is 1.92. The fourth-order valence-corrected chi connectivity index (χ4v) is 2.83. The van der Waals surface area contributed by atoms with Crippen molar-refractivity contribution >= 4 is 23.5 Å². The van der Waals surface area contributed by atoms with Crippen LogP contribution in [0, 0.1) is 5.82 Å². The molecule has 1 aliphatic heterocycles. The van der Waals surface area contributed by atoms with E-state index in [2.05, 4.69) is 10.3 Å². The predicted molar refractivity (Wildman–Crippen MR) is 76.2 cm³/mol. The number of halogens is 1. The Morgan fingerprint density at radius 3 is 2.95 bits per heavy atom. The largest absolute Gasteiger partial charge is 0.369 e. The van der Waals surface area contributed by atoms with Crippen LogP contribution >= 0.6 is 11.8 Å². The van der Waals surface area contributed by atoms with E-state index in [1.165, 1.54) is 6.07 Å². The van der Waals surface area contributed by atoms with Crippen molar-refractivity contribution in [3.05, 3.63) is 23.6 Å². The monoisotopic (exact) mass is 283 g/mol. The second kappa shape index (κ2) is 6.75. The first-order valence-corrected chi connectivity index (χ1v) is 7.64. The molecule has 0 spiro atoms. The Hall–Kier alpha value is -1.30. The quantitative estimate of drug-likeness (QED) is 0.920. The summed E-state index contributed by atoms with van der Waals surface area (Å²) in [5, 5.41) is 3.08. The molecule has 0 aliphatic carbocycles. The van der Waals surface area contributed by atoms with Crippen molar-refractivity contribution in [1.29, 1.82) is 0 Å². The van der Waals surface area contributed by atoms with Gasteiger partial charge in [0.15, 0.2) is 0 Å². The summed E-state index contributed by atoms with van der Waals surface area (Å²) in [4.78, 5) is 18.2. The molecule has 19 heavy (non-hydrogen) atoms. The van der Waals surface area contributed by atoms with Gasteiger partial charge in [-0.3, -0.25) is 4.79 Å². The lowest BCUT2D eigenvalue weighted by atomic mass is 10.2. The maximum Gasteiger partial charge on any atom is 0.257 e. The maximum atomic E-state index is 13.3. The molecule has 1 saturated heterocycles. The Kier molecular flexibility index (Phi) is 5.01. The molecule has 0 radical (unpaired) electrons. The first kappa shape index (κ1) is 14.1. The zero-order valence-electron chi connectivity index (χ0n) is 11.0. The van der Waals surface area contributed by atoms with Gasteiger partial charge in [-0.05, 0) is 12.5 Å². The van der Waals surface area contributed by atoms with E-state index in [1.54, 1.807) is 4.90 Å². The number of aromatic nitrogens is 1. The number of carbonyl (C=O) groups excluding carboxylic acids is 1. The van der Waals surface area contributed by atoms with Gasteiger partial charge in [-0.25, -0.2) is 9.37 Å². The Balaban J connectivity index is 2.20. The van der Waals surface area contributed by atoms with Gasteiger partial charge in [0.25, 0.3) is 5.91 Å². The molecule has 0 unspecified atom stereocenters. The predicted octanol–water partition coefficient (Wildman–Crippen LogP) is 2.23. The third-order valence-corrected chi connectivity index (χ3v) is 3.87. The van der Waals surface area contributed by atoms with Crippen LogP contribution in [0.25, 0.3) is 0 Å². The van der Waals surface area contributed by atoms with Crippen molar-refractivity contribution < 1.29 is 9.18 Å². The minimum atomic E-state index is -0.475. The average molecular weight is 283 g/mol. The van der Waals surface area contributed by atoms with E-state index in [9.17, 15) is 9.18 Å². The smallest absolute Gasteiger partial charge is 0.257 e. The van der Waals surface area contributed by atoms with Crippen LogP contribution in [0.15, 0.2) is 12.3 Å². The van der Waals surface area contributed by atoms with Gasteiger partial charge in [-0.2, -0.15) is 11.8 Å². The minimum absolute atomic E-state index is 0.133. The number of carbonyl (C=O) groups is 1. The number of thioether (sulfide) groups is 1. The number of hydrogen-bond acceptors (Lipinski definition) is 4. The molecular weight excluding hydrogens is 265 g/mol. The van der Waals surface area contributed by atoms with Crippen molar-refractivity contribution in [1.82, 2.24) is 9.88 Å². The summed E-state index contributed by atoms with van der Waals surface area (Å²) in [6.45, 7) is 4.18. The fraction of sp³-hybridized carbons (Fsp3) is 0.538. The third kappa shape index (κ3) is 3.59. The van der Waals surface area contributed by atoms with Gasteiger partial charge in [-0.15, -0.1) is 0 Å². The lowest BCUT2D eigenvalue weighted by Gasteiger charge is -2.27. The number of hydrogen-bond donors (Lipinski definition) is 1. The molecule has 1 N–H and O–H groups in total. The molecule has 6 heteroatoms. The van der Waals surface area contributed by atoms with Crippen LogP contribution in [0.3, 0.4) is 0 Å². The first-order valence-electron chi connectivity index (χ1n) is 6.49. The van der Waals surface area contributed by atoms with E-state index < -0.39 is 5.82 Å². The zero-order chi connectivity index (χ0) is 13.7. The highest BCUT2D eigenvalue weighted by Crippen LogP contribution is 2.19. The molecule has 0 saturated carbocycles. The molecule has 0 atom stereocenters. The maximum absolute atomic E-state index is 13.3. The van der Waals surface area contributed by atoms with E-state index in [0.29, 0.717) is 24.5 Å². The molecule has 1 aromatic rings. The zero-order valence-corrected chi connectivity index (χ0v) is 11.8. The summed E-state index contributed by atoms with van der Waals surface area (Å²) in [6, 6.07) is 1.27. The number of nitrogens with zero attached hydrogens (tertiary/aromatic N) is 2. The topological polar surface area (TPSA) is 45.2 Å². The molecule has 2 rings (SSSR count). The van der Waals surface area contributed by atoms with Gasteiger partial charge in [0, 0.05) is 31.1 Å². The summed E-state index contributed by atoms with van der Waals surface area (Å²) in [6.07, 6.45) is 2.06. The van der Waals surface area contributed by atoms with Crippen molar-refractivity contribution in [2.24, 2.45) is 0 Å². The Labute approximate surface area is 116 Å². The third-order valence-electron chi connectivity index (χ3n) is 2.93. The van der Waals surface area contributed by atoms with Gasteiger partial charge in [0.05, 0.1) is 11.8 Å². The van der Waals surface area contributed by atoms with E-state index in [0.717, 1.165) is 30.7 Å². The highest BCUT2D eigenvalue weighted by Gasteiger charge is 2.22. The highest BCUT2D eigenvalue weighted by atomic mass is 32.2. The van der Waals surface area contributed by atoms with Crippen LogP contribution in [0.2, 0.25) is 0 Å². The molecule has 1 aliphatic rings. The lowest BCUT2D eigenvalue weighted by Crippen LogP contribution is -2.38. The number of anilines is 1. The highest BCUT2D eigenvalue weighted by molar-refractivity contribution is 7.99. The second-order valence-corrected chi connectivity index (χ2v) is 5.61. The molecule has 104 valence electrons. The summed E-state index contributed by atoms with van der Waals surface area (Å²) < 4.78 is 13.3. The van der Waals surface area contributed by atoms with E-state index in [1.807, 2.05) is 18.7 Å². The van der Waals surface area contributed by atoms with Crippen LogP contribution in [0.4, 0.5) is 10.2 Å². The van der Waals surface area contributed by atoms with Crippen LogP contribution in [0.5, 0.6) is 0 Å². The molecule has 0 bridgehead atoms. The number of pyridine rings is 1. The van der Waals surface area contributed by atoms with Gasteiger partial charge >= 0.3 is 0 Å². The minimum Gasteiger partial charge on any atom is -0.369 e. The van der Waals surface area contributed by atoms with Gasteiger partial charge in [0.2, 0.25) is 0 Å². The molecular formula is C13H18FN3OS. The van der Waals surface area contributed by atoms with Crippen molar-refractivity contribution in [3.63, 3.8) is 0 Å². The molecule has 1 amide bonds. The molecule has 1 fully saturated rings. The summed E-state index contributed by atoms with van der Waals surface area (Å²) in [5.41, 5.74) is 0.334. The average Bonchev–Trinajstić information content (AvgIpc) is 2.46. The molecule has 4 nitrogen and oxygen atoms in total. The summed E-state index contributed by atoms with van der Waals surface area (Å²) in [5.74, 6) is 1.74. The molecule has 1 aromatic heterocycles.